The zero-order chi connectivity index (χ0) is 14.8. The summed E-state index contributed by atoms with van der Waals surface area (Å²) in [6.07, 6.45) is 0. The minimum atomic E-state index is -1.29. The van der Waals surface area contributed by atoms with E-state index in [0.717, 1.165) is 22.3 Å². The molecule has 0 unspecified atom stereocenters. The molecule has 2 aliphatic rings. The second kappa shape index (κ2) is 3.61. The first-order valence-corrected chi connectivity index (χ1v) is 6.97. The Morgan fingerprint density at radius 2 is 1.29 bits per heavy atom. The summed E-state index contributed by atoms with van der Waals surface area (Å²) in [6.45, 7) is 3.32. The molecular weight excluding hydrogens is 264 g/mol. The third kappa shape index (κ3) is 1.24. The van der Waals surface area contributed by atoms with Gasteiger partial charge in [-0.2, -0.15) is 0 Å². The lowest BCUT2D eigenvalue weighted by Crippen LogP contribution is -2.41. The minimum absolute atomic E-state index is 0.183. The van der Waals surface area contributed by atoms with Crippen molar-refractivity contribution >= 4 is 11.8 Å². The summed E-state index contributed by atoms with van der Waals surface area (Å²) in [4.78, 5) is 25.7. The van der Waals surface area contributed by atoms with Crippen LogP contribution in [-0.2, 0) is 19.7 Å². The molecule has 0 radical (unpaired) electrons. The van der Waals surface area contributed by atoms with Crippen molar-refractivity contribution < 1.29 is 14.3 Å². The van der Waals surface area contributed by atoms with Gasteiger partial charge in [-0.1, -0.05) is 48.5 Å². The average Bonchev–Trinajstić information content (AvgIpc) is 2.86. The van der Waals surface area contributed by atoms with Gasteiger partial charge in [-0.05, 0) is 36.1 Å². The van der Waals surface area contributed by atoms with Crippen molar-refractivity contribution in [2.75, 3.05) is 0 Å². The van der Waals surface area contributed by atoms with Crippen LogP contribution in [0.2, 0.25) is 0 Å². The van der Waals surface area contributed by atoms with Crippen molar-refractivity contribution in [3.8, 4) is 11.1 Å². The Bertz CT molecular complexity index is 756. The number of hydrogen-bond acceptors (Lipinski definition) is 3. The van der Waals surface area contributed by atoms with E-state index in [1.54, 1.807) is 13.8 Å². The highest BCUT2D eigenvalue weighted by Crippen LogP contribution is 2.54. The summed E-state index contributed by atoms with van der Waals surface area (Å²) < 4.78 is 5.42. The van der Waals surface area contributed by atoms with Gasteiger partial charge in [-0.15, -0.1) is 0 Å². The third-order valence-electron chi connectivity index (χ3n) is 4.49. The molecule has 3 heteroatoms. The molecule has 1 heterocycles. The molecule has 21 heavy (non-hydrogen) atoms. The van der Waals surface area contributed by atoms with Crippen LogP contribution in [0.15, 0.2) is 48.5 Å². The highest BCUT2D eigenvalue weighted by Gasteiger charge is 2.66. The number of ketones is 1. The molecule has 1 aliphatic heterocycles. The summed E-state index contributed by atoms with van der Waals surface area (Å²) in [7, 11) is 0. The number of benzene rings is 2. The topological polar surface area (TPSA) is 43.4 Å². The van der Waals surface area contributed by atoms with E-state index in [4.69, 9.17) is 4.74 Å². The quantitative estimate of drug-likeness (QED) is 0.550. The molecule has 1 saturated heterocycles. The van der Waals surface area contributed by atoms with Gasteiger partial charge in [0.1, 0.15) is 0 Å². The standard InChI is InChI=1S/C18H14O3/c1-17(2)15(19)18(16(20)21-17)13-9-5-3-7-11(13)12-8-4-6-10-14(12)18/h3-10H,1-2H3. The molecular formula is C18H14O3. The molecule has 0 saturated carbocycles. The first kappa shape index (κ1) is 12.3. The Labute approximate surface area is 122 Å². The molecule has 0 N–H and O–H groups in total. The van der Waals surface area contributed by atoms with E-state index in [9.17, 15) is 9.59 Å². The molecule has 2 aromatic rings. The van der Waals surface area contributed by atoms with E-state index >= 15 is 0 Å². The molecule has 104 valence electrons. The smallest absolute Gasteiger partial charge is 0.329 e. The Balaban J connectivity index is 2.15. The van der Waals surface area contributed by atoms with Crippen LogP contribution in [0.25, 0.3) is 11.1 Å². The van der Waals surface area contributed by atoms with Gasteiger partial charge in [0.05, 0.1) is 0 Å². The molecule has 1 spiro atoms. The monoisotopic (exact) mass is 278 g/mol. The number of Topliss-reactive ketones (excluding diaryl/α,β-unsaturated/α-hetero) is 1. The molecule has 1 fully saturated rings. The Hall–Kier alpha value is -2.42. The van der Waals surface area contributed by atoms with Gasteiger partial charge in [0.25, 0.3) is 0 Å². The second-order valence-corrected chi connectivity index (χ2v) is 6.07. The van der Waals surface area contributed by atoms with Crippen LogP contribution in [0.5, 0.6) is 0 Å². The van der Waals surface area contributed by atoms with E-state index < -0.39 is 17.0 Å². The molecule has 1 aliphatic carbocycles. The van der Waals surface area contributed by atoms with Crippen LogP contribution < -0.4 is 0 Å². The van der Waals surface area contributed by atoms with Crippen molar-refractivity contribution in [1.82, 2.24) is 0 Å². The van der Waals surface area contributed by atoms with Crippen molar-refractivity contribution in [2.45, 2.75) is 24.9 Å². The highest BCUT2D eigenvalue weighted by atomic mass is 16.6. The zero-order valence-corrected chi connectivity index (χ0v) is 11.8. The van der Waals surface area contributed by atoms with Gasteiger partial charge >= 0.3 is 5.97 Å². The first-order chi connectivity index (χ1) is 9.99. The predicted molar refractivity (Wildman–Crippen MR) is 77.8 cm³/mol. The Morgan fingerprint density at radius 3 is 1.71 bits per heavy atom. The summed E-state index contributed by atoms with van der Waals surface area (Å²) in [5.74, 6) is -0.646. The predicted octanol–water partition coefficient (Wildman–Crippen LogP) is 2.86. The normalized spacial score (nSPS) is 20.3. The van der Waals surface area contributed by atoms with E-state index in [2.05, 4.69) is 0 Å². The van der Waals surface area contributed by atoms with Crippen molar-refractivity contribution in [1.29, 1.82) is 0 Å². The molecule has 4 rings (SSSR count). The fourth-order valence-electron chi connectivity index (χ4n) is 3.60. The maximum Gasteiger partial charge on any atom is 0.329 e. The summed E-state index contributed by atoms with van der Waals surface area (Å²) >= 11 is 0. The summed E-state index contributed by atoms with van der Waals surface area (Å²) in [5.41, 5.74) is 0.976. The Kier molecular flexibility index (Phi) is 2.12. The average molecular weight is 278 g/mol. The highest BCUT2D eigenvalue weighted by molar-refractivity contribution is 6.24. The van der Waals surface area contributed by atoms with Crippen LogP contribution >= 0.6 is 0 Å². The van der Waals surface area contributed by atoms with E-state index in [0.29, 0.717) is 0 Å². The van der Waals surface area contributed by atoms with Gasteiger partial charge in [-0.3, -0.25) is 9.59 Å². The number of fused-ring (bicyclic) bond motifs is 5. The minimum Gasteiger partial charge on any atom is -0.450 e. The number of carbonyl (C=O) groups is 2. The number of carbonyl (C=O) groups excluding carboxylic acids is 2. The number of rotatable bonds is 0. The fraction of sp³-hybridized carbons (Fsp3) is 0.222. The first-order valence-electron chi connectivity index (χ1n) is 6.97. The van der Waals surface area contributed by atoms with Gasteiger partial charge in [0, 0.05) is 0 Å². The van der Waals surface area contributed by atoms with E-state index in [1.807, 2.05) is 48.5 Å². The van der Waals surface area contributed by atoms with Crippen LogP contribution in [0.4, 0.5) is 0 Å². The SMILES string of the molecule is CC1(C)OC(=O)C2(C1=O)c1ccccc1-c1ccccc12. The molecule has 0 amide bonds. The van der Waals surface area contributed by atoms with Crippen molar-refractivity contribution in [3.63, 3.8) is 0 Å². The van der Waals surface area contributed by atoms with Gasteiger partial charge < -0.3 is 4.74 Å². The van der Waals surface area contributed by atoms with Gasteiger partial charge in [-0.25, -0.2) is 0 Å². The number of cyclic esters (lactones) is 1. The summed E-state index contributed by atoms with van der Waals surface area (Å²) in [6, 6.07) is 15.2. The lowest BCUT2D eigenvalue weighted by molar-refractivity contribution is -0.149. The fourth-order valence-corrected chi connectivity index (χ4v) is 3.60. The van der Waals surface area contributed by atoms with Crippen molar-refractivity contribution in [3.05, 3.63) is 59.7 Å². The van der Waals surface area contributed by atoms with E-state index in [1.165, 1.54) is 0 Å². The van der Waals surface area contributed by atoms with Crippen molar-refractivity contribution in [2.24, 2.45) is 0 Å². The molecule has 2 aromatic carbocycles. The number of ether oxygens (including phenoxy) is 1. The maximum atomic E-state index is 13.0. The van der Waals surface area contributed by atoms with Crippen LogP contribution in [0.3, 0.4) is 0 Å². The molecule has 0 aromatic heterocycles. The van der Waals surface area contributed by atoms with Crippen LogP contribution in [0.1, 0.15) is 25.0 Å². The Morgan fingerprint density at radius 1 is 0.810 bits per heavy atom. The van der Waals surface area contributed by atoms with Gasteiger partial charge in [0.2, 0.25) is 5.78 Å². The largest absolute Gasteiger partial charge is 0.450 e. The van der Waals surface area contributed by atoms with Gasteiger partial charge in [0.15, 0.2) is 11.0 Å². The number of esters is 1. The lowest BCUT2D eigenvalue weighted by Gasteiger charge is -2.21. The summed E-state index contributed by atoms with van der Waals surface area (Å²) in [5, 5.41) is 0. The second-order valence-electron chi connectivity index (χ2n) is 6.07. The van der Waals surface area contributed by atoms with Crippen LogP contribution in [0, 0.1) is 0 Å². The lowest BCUT2D eigenvalue weighted by atomic mass is 9.72. The third-order valence-corrected chi connectivity index (χ3v) is 4.49. The zero-order valence-electron chi connectivity index (χ0n) is 11.8. The number of hydrogen-bond donors (Lipinski definition) is 0. The molecule has 0 atom stereocenters. The van der Waals surface area contributed by atoms with Crippen LogP contribution in [-0.4, -0.2) is 17.4 Å². The molecule has 3 nitrogen and oxygen atoms in total. The molecule has 0 bridgehead atoms. The van der Waals surface area contributed by atoms with E-state index in [-0.39, 0.29) is 5.78 Å². The maximum absolute atomic E-state index is 13.0.